The van der Waals surface area contributed by atoms with E-state index in [1.165, 1.54) is 11.3 Å². The molecular weight excluding hydrogens is 270 g/mol. The minimum absolute atomic E-state index is 0.247. The van der Waals surface area contributed by atoms with E-state index in [4.69, 9.17) is 16.3 Å². The van der Waals surface area contributed by atoms with Crippen LogP contribution in [0.2, 0.25) is 4.34 Å². The van der Waals surface area contributed by atoms with Gasteiger partial charge >= 0.3 is 0 Å². The topological polar surface area (TPSA) is 35.5 Å². The molecule has 18 heavy (non-hydrogen) atoms. The standard InChI is InChI=1S/C13H11ClNO2S/c14-13-6-5-12(18-13)11-8-15(16)7-9-3-1-2-4-10(9)17-11/h1-6,11H,7-8H2/q-1. The van der Waals surface area contributed by atoms with Gasteiger partial charge in [0, 0.05) is 23.5 Å². The molecule has 0 aliphatic carbocycles. The lowest BCUT2D eigenvalue weighted by Crippen LogP contribution is -2.22. The summed E-state index contributed by atoms with van der Waals surface area (Å²) in [5, 5.41) is 12.9. The summed E-state index contributed by atoms with van der Waals surface area (Å²) in [5.41, 5.74) is 0.928. The van der Waals surface area contributed by atoms with Gasteiger partial charge in [-0.25, -0.2) is 0 Å². The van der Waals surface area contributed by atoms with E-state index >= 15 is 0 Å². The normalized spacial score (nSPS) is 20.0. The molecule has 5 heteroatoms. The maximum atomic E-state index is 11.8. The summed E-state index contributed by atoms with van der Waals surface area (Å²) in [6, 6.07) is 11.4. The van der Waals surface area contributed by atoms with Crippen molar-refractivity contribution in [2.24, 2.45) is 0 Å². The number of halogens is 1. The van der Waals surface area contributed by atoms with Crippen molar-refractivity contribution >= 4 is 22.9 Å². The molecule has 0 saturated heterocycles. The Labute approximate surface area is 114 Å². The van der Waals surface area contributed by atoms with Crippen molar-refractivity contribution in [3.63, 3.8) is 0 Å². The summed E-state index contributed by atoms with van der Waals surface area (Å²) in [6.45, 7) is 0.692. The lowest BCUT2D eigenvalue weighted by Gasteiger charge is -2.28. The van der Waals surface area contributed by atoms with Crippen molar-refractivity contribution in [2.45, 2.75) is 12.6 Å². The Bertz CT molecular complexity index is 557. The zero-order valence-electron chi connectivity index (χ0n) is 9.51. The molecule has 0 N–H and O–H groups in total. The van der Waals surface area contributed by atoms with Crippen LogP contribution in [0.25, 0.3) is 0 Å². The molecule has 0 bridgehead atoms. The van der Waals surface area contributed by atoms with Crippen LogP contribution in [-0.2, 0) is 6.54 Å². The van der Waals surface area contributed by atoms with Gasteiger partial charge in [-0.15, -0.1) is 11.3 Å². The Morgan fingerprint density at radius 3 is 2.89 bits per heavy atom. The number of ether oxygens (including phenoxy) is 1. The van der Waals surface area contributed by atoms with Gasteiger partial charge in [-0.2, -0.15) is 0 Å². The lowest BCUT2D eigenvalue weighted by atomic mass is 10.2. The van der Waals surface area contributed by atoms with E-state index in [0.717, 1.165) is 21.3 Å². The predicted molar refractivity (Wildman–Crippen MR) is 72.9 cm³/mol. The first kappa shape index (κ1) is 12.0. The molecule has 3 nitrogen and oxygen atoms in total. The number of thiophene rings is 1. The fourth-order valence-corrected chi connectivity index (χ4v) is 3.11. The molecule has 1 atom stereocenters. The van der Waals surface area contributed by atoms with Gasteiger partial charge in [0.15, 0.2) is 0 Å². The first-order valence-corrected chi connectivity index (χ1v) is 6.84. The van der Waals surface area contributed by atoms with E-state index in [2.05, 4.69) is 0 Å². The van der Waals surface area contributed by atoms with Crippen molar-refractivity contribution in [3.8, 4) is 5.75 Å². The predicted octanol–water partition coefficient (Wildman–Crippen LogP) is 3.84. The second-order valence-corrected chi connectivity index (χ2v) is 5.93. The Morgan fingerprint density at radius 1 is 1.28 bits per heavy atom. The van der Waals surface area contributed by atoms with Crippen LogP contribution >= 0.6 is 22.9 Å². The molecule has 1 aliphatic heterocycles. The van der Waals surface area contributed by atoms with Gasteiger partial charge < -0.3 is 15.0 Å². The van der Waals surface area contributed by atoms with Crippen LogP contribution in [0.1, 0.15) is 16.5 Å². The molecule has 0 fully saturated rings. The summed E-state index contributed by atoms with van der Waals surface area (Å²) in [4.78, 5) is 0.984. The molecule has 1 aliphatic rings. The number of nitrogens with zero attached hydrogens (tertiary/aromatic N) is 1. The number of hydroxylamine groups is 2. The molecule has 94 valence electrons. The third-order valence-corrected chi connectivity index (χ3v) is 4.19. The SMILES string of the molecule is [O-]N1Cc2ccccc2OC(c2ccc(Cl)s2)C1. The van der Waals surface area contributed by atoms with E-state index in [-0.39, 0.29) is 6.10 Å². The van der Waals surface area contributed by atoms with Crippen LogP contribution in [0, 0.1) is 5.21 Å². The fourth-order valence-electron chi connectivity index (χ4n) is 2.03. The number of rotatable bonds is 1. The van der Waals surface area contributed by atoms with E-state index in [0.29, 0.717) is 17.4 Å². The van der Waals surface area contributed by atoms with Gasteiger partial charge in [0.1, 0.15) is 11.9 Å². The summed E-state index contributed by atoms with van der Waals surface area (Å²) in [5.74, 6) is 0.783. The highest BCUT2D eigenvalue weighted by Gasteiger charge is 2.21. The molecule has 0 radical (unpaired) electrons. The van der Waals surface area contributed by atoms with Crippen LogP contribution in [-0.4, -0.2) is 11.6 Å². The largest absolute Gasteiger partial charge is 0.785 e. The number of hydrogen-bond donors (Lipinski definition) is 0. The Kier molecular flexibility index (Phi) is 3.26. The molecule has 0 spiro atoms. The Balaban J connectivity index is 1.94. The number of hydrogen-bond acceptors (Lipinski definition) is 4. The first-order chi connectivity index (χ1) is 8.72. The number of para-hydroxylation sites is 1. The molecule has 1 aromatic heterocycles. The average Bonchev–Trinajstić information content (AvgIpc) is 2.70. The fraction of sp³-hybridized carbons (Fsp3) is 0.231. The Morgan fingerprint density at radius 2 is 2.11 bits per heavy atom. The summed E-state index contributed by atoms with van der Waals surface area (Å²) in [6.07, 6.45) is -0.247. The van der Waals surface area contributed by atoms with Crippen molar-refractivity contribution in [1.29, 1.82) is 0 Å². The quantitative estimate of drug-likeness (QED) is 0.796. The third-order valence-electron chi connectivity index (χ3n) is 2.87. The maximum Gasteiger partial charge on any atom is 0.145 e. The van der Waals surface area contributed by atoms with Crippen molar-refractivity contribution in [1.82, 2.24) is 5.06 Å². The van der Waals surface area contributed by atoms with Crippen LogP contribution in [0.3, 0.4) is 0 Å². The maximum absolute atomic E-state index is 11.8. The summed E-state index contributed by atoms with van der Waals surface area (Å²) >= 11 is 7.38. The summed E-state index contributed by atoms with van der Waals surface area (Å²) in [7, 11) is 0. The molecule has 2 aromatic rings. The second kappa shape index (κ2) is 4.90. The first-order valence-electron chi connectivity index (χ1n) is 5.64. The average molecular weight is 281 g/mol. The zero-order chi connectivity index (χ0) is 12.5. The highest BCUT2D eigenvalue weighted by molar-refractivity contribution is 7.16. The van der Waals surface area contributed by atoms with Crippen LogP contribution in [0.5, 0.6) is 5.75 Å². The molecule has 2 heterocycles. The van der Waals surface area contributed by atoms with Gasteiger partial charge in [0.05, 0.1) is 4.34 Å². The molecule has 0 saturated carbocycles. The minimum atomic E-state index is -0.247. The van der Waals surface area contributed by atoms with Gasteiger partial charge in [-0.05, 0) is 18.2 Å². The van der Waals surface area contributed by atoms with E-state index in [1.54, 1.807) is 0 Å². The van der Waals surface area contributed by atoms with Crippen molar-refractivity contribution in [3.05, 3.63) is 56.4 Å². The van der Waals surface area contributed by atoms with Gasteiger partial charge in [-0.3, -0.25) is 0 Å². The van der Waals surface area contributed by atoms with Gasteiger partial charge in [0.2, 0.25) is 0 Å². The molecule has 3 rings (SSSR count). The highest BCUT2D eigenvalue weighted by Crippen LogP contribution is 2.34. The summed E-state index contributed by atoms with van der Waals surface area (Å²) < 4.78 is 6.65. The van der Waals surface area contributed by atoms with Crippen molar-refractivity contribution in [2.75, 3.05) is 6.54 Å². The second-order valence-electron chi connectivity index (χ2n) is 4.18. The van der Waals surface area contributed by atoms with E-state index in [9.17, 15) is 5.21 Å². The van der Waals surface area contributed by atoms with Gasteiger partial charge in [-0.1, -0.05) is 29.8 Å². The molecule has 1 unspecified atom stereocenters. The number of fused-ring (bicyclic) bond motifs is 1. The minimum Gasteiger partial charge on any atom is -0.785 e. The Hall–Kier alpha value is -1.07. The van der Waals surface area contributed by atoms with Crippen molar-refractivity contribution < 1.29 is 4.74 Å². The van der Waals surface area contributed by atoms with E-state index in [1.807, 2.05) is 36.4 Å². The number of benzene rings is 1. The molecular formula is C13H11ClNO2S-. The van der Waals surface area contributed by atoms with Crippen LogP contribution in [0.15, 0.2) is 36.4 Å². The van der Waals surface area contributed by atoms with Gasteiger partial charge in [0.25, 0.3) is 0 Å². The molecule has 0 amide bonds. The lowest BCUT2D eigenvalue weighted by molar-refractivity contribution is 0.178. The van der Waals surface area contributed by atoms with Crippen LogP contribution in [0.4, 0.5) is 0 Å². The van der Waals surface area contributed by atoms with E-state index < -0.39 is 0 Å². The third kappa shape index (κ3) is 2.37. The highest BCUT2D eigenvalue weighted by atomic mass is 35.5. The zero-order valence-corrected chi connectivity index (χ0v) is 11.1. The monoisotopic (exact) mass is 280 g/mol. The smallest absolute Gasteiger partial charge is 0.145 e. The van der Waals surface area contributed by atoms with Crippen LogP contribution < -0.4 is 4.74 Å². The molecule has 1 aromatic carbocycles.